The number of nitrogens with one attached hydrogen (secondary N) is 1. The minimum atomic E-state index is -0.774. The van der Waals surface area contributed by atoms with Gasteiger partial charge in [-0.15, -0.1) is 0 Å². The van der Waals surface area contributed by atoms with E-state index >= 15 is 0 Å². The summed E-state index contributed by atoms with van der Waals surface area (Å²) in [7, 11) is 1.76. The first-order valence-corrected chi connectivity index (χ1v) is 7.85. The maximum atomic E-state index is 12.9. The van der Waals surface area contributed by atoms with Crippen LogP contribution in [0, 0.1) is 19.7 Å². The number of hydrogen-bond acceptors (Lipinski definition) is 3. The third-order valence-corrected chi connectivity index (χ3v) is 4.03. The van der Waals surface area contributed by atoms with E-state index in [0.29, 0.717) is 5.56 Å². The van der Waals surface area contributed by atoms with E-state index in [4.69, 9.17) is 0 Å². The lowest BCUT2D eigenvalue weighted by molar-refractivity contribution is -0.117. The molecule has 0 bridgehead atoms. The lowest BCUT2D eigenvalue weighted by Crippen LogP contribution is -2.33. The second-order valence-corrected chi connectivity index (χ2v) is 6.06. The highest BCUT2D eigenvalue weighted by Gasteiger charge is 2.14. The first kappa shape index (κ1) is 18.1. The van der Waals surface area contributed by atoms with Crippen LogP contribution in [0.1, 0.15) is 22.8 Å². The van der Waals surface area contributed by atoms with Crippen molar-refractivity contribution in [3.05, 3.63) is 65.0 Å². The molecule has 5 heteroatoms. The van der Waals surface area contributed by atoms with Crippen molar-refractivity contribution in [3.8, 4) is 0 Å². The van der Waals surface area contributed by atoms with Crippen LogP contribution in [0.5, 0.6) is 0 Å². The summed E-state index contributed by atoms with van der Waals surface area (Å²) in [6.07, 6.45) is -0.774. The van der Waals surface area contributed by atoms with Crippen molar-refractivity contribution < 1.29 is 14.3 Å². The monoisotopic (exact) mass is 330 g/mol. The van der Waals surface area contributed by atoms with Crippen molar-refractivity contribution in [1.82, 2.24) is 4.90 Å². The molecule has 2 aromatic rings. The van der Waals surface area contributed by atoms with E-state index < -0.39 is 6.10 Å². The van der Waals surface area contributed by atoms with Crippen LogP contribution in [0.4, 0.5) is 10.1 Å². The molecular weight excluding hydrogens is 307 g/mol. The maximum Gasteiger partial charge on any atom is 0.238 e. The molecule has 2 N–H and O–H groups in total. The Kier molecular flexibility index (Phi) is 6.06. The minimum Gasteiger partial charge on any atom is -0.387 e. The van der Waals surface area contributed by atoms with Crippen LogP contribution in [-0.2, 0) is 4.79 Å². The number of aryl methyl sites for hydroxylation is 1. The highest BCUT2D eigenvalue weighted by atomic mass is 19.1. The summed E-state index contributed by atoms with van der Waals surface area (Å²) in [5, 5.41) is 13.1. The van der Waals surface area contributed by atoms with E-state index in [9.17, 15) is 14.3 Å². The summed E-state index contributed by atoms with van der Waals surface area (Å²) >= 11 is 0. The molecule has 1 atom stereocenters. The lowest BCUT2D eigenvalue weighted by atomic mass is 10.1. The number of halogens is 1. The Morgan fingerprint density at radius 3 is 2.54 bits per heavy atom. The van der Waals surface area contributed by atoms with E-state index in [-0.39, 0.29) is 24.8 Å². The van der Waals surface area contributed by atoms with Gasteiger partial charge in [-0.3, -0.25) is 9.69 Å². The molecule has 2 rings (SSSR count). The minimum absolute atomic E-state index is 0.141. The van der Waals surface area contributed by atoms with Crippen LogP contribution in [0.3, 0.4) is 0 Å². The van der Waals surface area contributed by atoms with Crippen LogP contribution >= 0.6 is 0 Å². The van der Waals surface area contributed by atoms with Crippen LogP contribution < -0.4 is 5.32 Å². The molecule has 0 aromatic heterocycles. The molecule has 0 fully saturated rings. The fraction of sp³-hybridized carbons (Fsp3) is 0.316. The first-order chi connectivity index (χ1) is 11.4. The lowest BCUT2D eigenvalue weighted by Gasteiger charge is -2.20. The average Bonchev–Trinajstić information content (AvgIpc) is 2.52. The van der Waals surface area contributed by atoms with Gasteiger partial charge in [0.1, 0.15) is 5.82 Å². The molecule has 0 aliphatic rings. The average molecular weight is 330 g/mol. The number of aliphatic hydroxyl groups excluding tert-OH is 1. The van der Waals surface area contributed by atoms with E-state index in [2.05, 4.69) is 5.32 Å². The third-order valence-electron chi connectivity index (χ3n) is 4.03. The molecule has 128 valence electrons. The topological polar surface area (TPSA) is 52.6 Å². The number of rotatable bonds is 6. The second-order valence-electron chi connectivity index (χ2n) is 6.06. The Bertz CT molecular complexity index is 701. The van der Waals surface area contributed by atoms with Gasteiger partial charge in [-0.1, -0.05) is 24.3 Å². The van der Waals surface area contributed by atoms with Gasteiger partial charge in [0.25, 0.3) is 0 Å². The summed E-state index contributed by atoms with van der Waals surface area (Å²) in [6.45, 7) is 4.40. The first-order valence-electron chi connectivity index (χ1n) is 7.85. The van der Waals surface area contributed by atoms with Gasteiger partial charge >= 0.3 is 0 Å². The van der Waals surface area contributed by atoms with Crippen LogP contribution in [0.25, 0.3) is 0 Å². The largest absolute Gasteiger partial charge is 0.387 e. The van der Waals surface area contributed by atoms with Crippen molar-refractivity contribution in [2.24, 2.45) is 0 Å². The molecule has 0 aliphatic carbocycles. The van der Waals surface area contributed by atoms with Crippen LogP contribution in [-0.4, -0.2) is 36.1 Å². The molecule has 1 amide bonds. The zero-order valence-electron chi connectivity index (χ0n) is 14.2. The highest BCUT2D eigenvalue weighted by molar-refractivity contribution is 5.93. The number of likely N-dealkylation sites (N-methyl/N-ethyl adjacent to an activating group) is 1. The van der Waals surface area contributed by atoms with Gasteiger partial charge in [0.15, 0.2) is 0 Å². The van der Waals surface area contributed by atoms with Crippen molar-refractivity contribution in [3.63, 3.8) is 0 Å². The molecule has 0 aliphatic heterocycles. The maximum absolute atomic E-state index is 12.9. The highest BCUT2D eigenvalue weighted by Crippen LogP contribution is 2.18. The van der Waals surface area contributed by atoms with Gasteiger partial charge in [0.2, 0.25) is 5.91 Å². The zero-order chi connectivity index (χ0) is 17.7. The molecular formula is C19H23FN2O2. The Morgan fingerprint density at radius 1 is 1.21 bits per heavy atom. The van der Waals surface area contributed by atoms with Gasteiger partial charge in [-0.05, 0) is 55.8 Å². The van der Waals surface area contributed by atoms with Crippen molar-refractivity contribution in [2.75, 3.05) is 25.5 Å². The molecule has 0 spiro atoms. The fourth-order valence-electron chi connectivity index (χ4n) is 2.47. The number of carbonyl (C=O) groups excluding carboxylic acids is 1. The number of benzene rings is 2. The molecule has 0 heterocycles. The van der Waals surface area contributed by atoms with Gasteiger partial charge in [0, 0.05) is 12.2 Å². The van der Waals surface area contributed by atoms with E-state index in [1.165, 1.54) is 12.1 Å². The molecule has 0 saturated carbocycles. The Hall–Kier alpha value is -2.24. The van der Waals surface area contributed by atoms with Crippen LogP contribution in [0.15, 0.2) is 42.5 Å². The van der Waals surface area contributed by atoms with Crippen molar-refractivity contribution in [2.45, 2.75) is 20.0 Å². The van der Waals surface area contributed by atoms with Gasteiger partial charge in [-0.25, -0.2) is 4.39 Å². The van der Waals surface area contributed by atoms with E-state index in [0.717, 1.165) is 16.8 Å². The number of hydrogen-bond donors (Lipinski definition) is 2. The summed E-state index contributed by atoms with van der Waals surface area (Å²) < 4.78 is 12.9. The molecule has 0 radical (unpaired) electrons. The molecule has 24 heavy (non-hydrogen) atoms. The molecule has 2 aromatic carbocycles. The normalized spacial score (nSPS) is 12.2. The molecule has 0 saturated heterocycles. The van der Waals surface area contributed by atoms with Gasteiger partial charge in [-0.2, -0.15) is 0 Å². The SMILES string of the molecule is Cc1cccc(NC(=O)CN(C)CC(O)c2ccc(F)cc2)c1C. The number of anilines is 1. The second kappa shape index (κ2) is 8.04. The standard InChI is InChI=1S/C19H23FN2O2/c1-13-5-4-6-17(14(13)2)21-19(24)12-22(3)11-18(23)15-7-9-16(20)10-8-15/h4-10,18,23H,11-12H2,1-3H3,(H,21,24). The summed E-state index contributed by atoms with van der Waals surface area (Å²) in [5.41, 5.74) is 3.58. The molecule has 1 unspecified atom stereocenters. The van der Waals surface area contributed by atoms with Crippen molar-refractivity contribution >= 4 is 11.6 Å². The Morgan fingerprint density at radius 2 is 1.88 bits per heavy atom. The fourth-order valence-corrected chi connectivity index (χ4v) is 2.47. The van der Waals surface area contributed by atoms with Crippen LogP contribution in [0.2, 0.25) is 0 Å². The summed E-state index contributed by atoms with van der Waals surface area (Å²) in [4.78, 5) is 13.9. The van der Waals surface area contributed by atoms with Gasteiger partial charge in [0.05, 0.1) is 12.6 Å². The number of nitrogens with zero attached hydrogens (tertiary/aromatic N) is 1. The summed E-state index contributed by atoms with van der Waals surface area (Å²) in [5.74, 6) is -0.482. The number of amides is 1. The number of carbonyl (C=O) groups is 1. The number of aliphatic hydroxyl groups is 1. The third kappa shape index (κ3) is 4.88. The van der Waals surface area contributed by atoms with E-state index in [1.54, 1.807) is 24.1 Å². The quantitative estimate of drug-likeness (QED) is 0.856. The predicted molar refractivity (Wildman–Crippen MR) is 93.4 cm³/mol. The van der Waals surface area contributed by atoms with Gasteiger partial charge < -0.3 is 10.4 Å². The van der Waals surface area contributed by atoms with E-state index in [1.807, 2.05) is 32.0 Å². The molecule has 4 nitrogen and oxygen atoms in total. The zero-order valence-corrected chi connectivity index (χ0v) is 14.2. The Labute approximate surface area is 141 Å². The smallest absolute Gasteiger partial charge is 0.238 e. The Balaban J connectivity index is 1.89. The predicted octanol–water partition coefficient (Wildman–Crippen LogP) is 3.05. The van der Waals surface area contributed by atoms with Crippen molar-refractivity contribution in [1.29, 1.82) is 0 Å². The summed E-state index contributed by atoms with van der Waals surface area (Å²) in [6, 6.07) is 11.5.